The number of carbonyl (C=O) groups excluding carboxylic acids is 1. The van der Waals surface area contributed by atoms with Crippen LogP contribution in [0.5, 0.6) is 0 Å². The van der Waals surface area contributed by atoms with Crippen LogP contribution < -0.4 is 10.2 Å². The second-order valence-electron chi connectivity index (χ2n) is 8.64. The quantitative estimate of drug-likeness (QED) is 0.662. The van der Waals surface area contributed by atoms with Crippen molar-refractivity contribution in [2.75, 3.05) is 56.2 Å². The summed E-state index contributed by atoms with van der Waals surface area (Å²) in [6, 6.07) is 10.5. The van der Waals surface area contributed by atoms with Gasteiger partial charge in [0.15, 0.2) is 0 Å². The van der Waals surface area contributed by atoms with Crippen LogP contribution in [-0.2, 0) is 4.74 Å². The Kier molecular flexibility index (Phi) is 7.57. The second kappa shape index (κ2) is 10.8. The molecule has 1 amide bonds. The van der Waals surface area contributed by atoms with Crippen LogP contribution in [0.4, 0.5) is 15.8 Å². The maximum absolute atomic E-state index is 14.1. The van der Waals surface area contributed by atoms with Gasteiger partial charge in [0.2, 0.25) is 0 Å². The van der Waals surface area contributed by atoms with E-state index in [4.69, 9.17) is 4.74 Å². The van der Waals surface area contributed by atoms with E-state index in [2.05, 4.69) is 15.1 Å². The van der Waals surface area contributed by atoms with Crippen LogP contribution in [0.1, 0.15) is 40.0 Å². The SMILES string of the molecule is O=C(O)c1ccc(N2CCC(CCN3CCOCC3)CC2)c(NC(=O)c2ccccc2F)c1. The summed E-state index contributed by atoms with van der Waals surface area (Å²) < 4.78 is 19.5. The molecule has 2 aliphatic rings. The van der Waals surface area contributed by atoms with Gasteiger partial charge in [-0.15, -0.1) is 0 Å². The third-order valence-corrected chi connectivity index (χ3v) is 6.52. The number of halogens is 1. The first-order valence-corrected chi connectivity index (χ1v) is 11.5. The third kappa shape index (κ3) is 5.89. The van der Waals surface area contributed by atoms with Gasteiger partial charge in [0.05, 0.1) is 35.7 Å². The number of amides is 1. The van der Waals surface area contributed by atoms with Gasteiger partial charge in [-0.3, -0.25) is 9.69 Å². The molecular formula is C25H30FN3O4. The molecule has 2 fully saturated rings. The molecule has 8 heteroatoms. The van der Waals surface area contributed by atoms with Gasteiger partial charge >= 0.3 is 5.97 Å². The van der Waals surface area contributed by atoms with Crippen molar-refractivity contribution in [1.82, 2.24) is 4.90 Å². The highest BCUT2D eigenvalue weighted by Gasteiger charge is 2.24. The number of nitrogens with zero attached hydrogens (tertiary/aromatic N) is 2. The van der Waals surface area contributed by atoms with E-state index in [-0.39, 0.29) is 11.1 Å². The van der Waals surface area contributed by atoms with E-state index >= 15 is 0 Å². The van der Waals surface area contributed by atoms with E-state index in [9.17, 15) is 19.1 Å². The smallest absolute Gasteiger partial charge is 0.335 e. The minimum atomic E-state index is -1.08. The molecule has 0 radical (unpaired) electrons. The summed E-state index contributed by atoms with van der Waals surface area (Å²) in [7, 11) is 0. The minimum Gasteiger partial charge on any atom is -0.478 e. The first kappa shape index (κ1) is 23.2. The zero-order chi connectivity index (χ0) is 23.2. The zero-order valence-electron chi connectivity index (χ0n) is 18.6. The molecule has 4 rings (SSSR count). The first-order valence-electron chi connectivity index (χ1n) is 11.5. The van der Waals surface area contributed by atoms with E-state index in [0.717, 1.165) is 70.9 Å². The van der Waals surface area contributed by atoms with Gasteiger partial charge in [-0.1, -0.05) is 12.1 Å². The Balaban J connectivity index is 1.43. The molecule has 2 heterocycles. The Morgan fingerprint density at radius 3 is 2.48 bits per heavy atom. The molecule has 0 atom stereocenters. The summed E-state index contributed by atoms with van der Waals surface area (Å²) in [5.41, 5.74) is 1.14. The lowest BCUT2D eigenvalue weighted by molar-refractivity contribution is 0.0349. The largest absolute Gasteiger partial charge is 0.478 e. The molecule has 2 aromatic carbocycles. The number of aromatic carboxylic acids is 1. The molecule has 0 saturated carbocycles. The number of ether oxygens (including phenoxy) is 1. The van der Waals surface area contributed by atoms with Crippen LogP contribution >= 0.6 is 0 Å². The van der Waals surface area contributed by atoms with Crippen molar-refractivity contribution in [2.24, 2.45) is 5.92 Å². The van der Waals surface area contributed by atoms with Crippen LogP contribution in [-0.4, -0.2) is 67.8 Å². The lowest BCUT2D eigenvalue weighted by Crippen LogP contribution is -2.39. The van der Waals surface area contributed by atoms with Gasteiger partial charge in [-0.05, 0) is 62.1 Å². The van der Waals surface area contributed by atoms with E-state index < -0.39 is 17.7 Å². The number of carbonyl (C=O) groups is 2. The van der Waals surface area contributed by atoms with Crippen molar-refractivity contribution in [1.29, 1.82) is 0 Å². The normalized spacial score (nSPS) is 17.7. The number of rotatable bonds is 7. The van der Waals surface area contributed by atoms with Gasteiger partial charge in [0.25, 0.3) is 5.91 Å². The predicted molar refractivity (Wildman–Crippen MR) is 125 cm³/mol. The monoisotopic (exact) mass is 455 g/mol. The summed E-state index contributed by atoms with van der Waals surface area (Å²) in [6.45, 7) is 6.36. The van der Waals surface area contributed by atoms with Crippen molar-refractivity contribution in [3.63, 3.8) is 0 Å². The number of morpholine rings is 1. The van der Waals surface area contributed by atoms with Crippen molar-refractivity contribution in [3.05, 3.63) is 59.4 Å². The van der Waals surface area contributed by atoms with E-state index in [1.54, 1.807) is 18.2 Å². The number of anilines is 2. The molecule has 0 spiro atoms. The summed E-state index contributed by atoms with van der Waals surface area (Å²) in [5.74, 6) is -1.66. The Morgan fingerprint density at radius 2 is 1.79 bits per heavy atom. The van der Waals surface area contributed by atoms with Crippen molar-refractivity contribution < 1.29 is 23.8 Å². The van der Waals surface area contributed by atoms with E-state index in [1.807, 2.05) is 0 Å². The van der Waals surface area contributed by atoms with Gasteiger partial charge < -0.3 is 20.1 Å². The van der Waals surface area contributed by atoms with Gasteiger partial charge in [-0.25, -0.2) is 9.18 Å². The summed E-state index contributed by atoms with van der Waals surface area (Å²) in [6.07, 6.45) is 3.22. The lowest BCUT2D eigenvalue weighted by atomic mass is 9.92. The molecular weight excluding hydrogens is 425 g/mol. The molecule has 0 bridgehead atoms. The van der Waals surface area contributed by atoms with Crippen LogP contribution in [0.2, 0.25) is 0 Å². The highest BCUT2D eigenvalue weighted by Crippen LogP contribution is 2.32. The first-order chi connectivity index (χ1) is 16.0. The Hall–Kier alpha value is -2.97. The van der Waals surface area contributed by atoms with Crippen molar-refractivity contribution >= 4 is 23.3 Å². The Bertz CT molecular complexity index is 985. The minimum absolute atomic E-state index is 0.0722. The average molecular weight is 456 g/mol. The highest BCUT2D eigenvalue weighted by molar-refractivity contribution is 6.07. The molecule has 33 heavy (non-hydrogen) atoms. The molecule has 2 saturated heterocycles. The standard InChI is InChI=1S/C25H30FN3O4/c26-21-4-2-1-3-20(21)24(30)27-22-17-19(25(31)32)5-6-23(22)29-11-8-18(9-12-29)7-10-28-13-15-33-16-14-28/h1-6,17-18H,7-16H2,(H,27,30)(H,31,32). The van der Waals surface area contributed by atoms with E-state index in [1.165, 1.54) is 24.3 Å². The number of piperidine rings is 1. The van der Waals surface area contributed by atoms with Gasteiger partial charge in [0, 0.05) is 26.2 Å². The predicted octanol–water partition coefficient (Wildman–Crippen LogP) is 3.71. The maximum atomic E-state index is 14.1. The topological polar surface area (TPSA) is 82.1 Å². The number of benzene rings is 2. The molecule has 7 nitrogen and oxygen atoms in total. The van der Waals surface area contributed by atoms with E-state index in [0.29, 0.717) is 11.6 Å². The van der Waals surface area contributed by atoms with Crippen LogP contribution in [0.25, 0.3) is 0 Å². The van der Waals surface area contributed by atoms with Crippen LogP contribution in [0.3, 0.4) is 0 Å². The maximum Gasteiger partial charge on any atom is 0.335 e. The van der Waals surface area contributed by atoms with Gasteiger partial charge in [0.1, 0.15) is 5.82 Å². The fourth-order valence-corrected chi connectivity index (χ4v) is 4.53. The van der Waals surface area contributed by atoms with Gasteiger partial charge in [-0.2, -0.15) is 0 Å². The molecule has 2 aromatic rings. The highest BCUT2D eigenvalue weighted by atomic mass is 19.1. The van der Waals surface area contributed by atoms with Crippen LogP contribution in [0, 0.1) is 11.7 Å². The molecule has 0 aliphatic carbocycles. The summed E-state index contributed by atoms with van der Waals surface area (Å²) in [5, 5.41) is 12.1. The summed E-state index contributed by atoms with van der Waals surface area (Å²) in [4.78, 5) is 28.8. The second-order valence-corrected chi connectivity index (χ2v) is 8.64. The fraction of sp³-hybridized carbons (Fsp3) is 0.440. The molecule has 2 aliphatic heterocycles. The third-order valence-electron chi connectivity index (χ3n) is 6.52. The lowest BCUT2D eigenvalue weighted by Gasteiger charge is -2.36. The van der Waals surface area contributed by atoms with Crippen molar-refractivity contribution in [3.8, 4) is 0 Å². The number of hydrogen-bond donors (Lipinski definition) is 2. The average Bonchev–Trinajstić information content (AvgIpc) is 2.84. The number of carboxylic acids is 1. The molecule has 176 valence electrons. The number of nitrogens with one attached hydrogen (secondary N) is 1. The Morgan fingerprint density at radius 1 is 1.06 bits per heavy atom. The molecule has 2 N–H and O–H groups in total. The van der Waals surface area contributed by atoms with Crippen molar-refractivity contribution in [2.45, 2.75) is 19.3 Å². The Labute approximate surface area is 193 Å². The number of hydrogen-bond acceptors (Lipinski definition) is 5. The summed E-state index contributed by atoms with van der Waals surface area (Å²) >= 11 is 0. The molecule has 0 unspecified atom stereocenters. The number of carboxylic acid groups (broad SMARTS) is 1. The zero-order valence-corrected chi connectivity index (χ0v) is 18.6. The van der Waals surface area contributed by atoms with Crippen LogP contribution in [0.15, 0.2) is 42.5 Å². The fourth-order valence-electron chi connectivity index (χ4n) is 4.53. The molecule has 0 aromatic heterocycles.